The monoisotopic (exact) mass is 378 g/mol. The lowest BCUT2D eigenvalue weighted by Crippen LogP contribution is -2.33. The van der Waals surface area contributed by atoms with E-state index in [-0.39, 0.29) is 11.7 Å². The summed E-state index contributed by atoms with van der Waals surface area (Å²) in [5, 5.41) is 0. The molecule has 0 aromatic heterocycles. The maximum atomic E-state index is 14.6. The molecule has 150 valence electrons. The molecule has 0 spiro atoms. The van der Waals surface area contributed by atoms with Gasteiger partial charge in [0.05, 0.1) is 19.3 Å². The van der Waals surface area contributed by atoms with Gasteiger partial charge >= 0.3 is 0 Å². The van der Waals surface area contributed by atoms with Crippen molar-refractivity contribution in [1.82, 2.24) is 0 Å². The summed E-state index contributed by atoms with van der Waals surface area (Å²) < 4.78 is 40.4. The average molecular weight is 379 g/mol. The molecule has 27 heavy (non-hydrogen) atoms. The van der Waals surface area contributed by atoms with Gasteiger partial charge < -0.3 is 9.47 Å². The predicted octanol–water partition coefficient (Wildman–Crippen LogP) is 6.40. The van der Waals surface area contributed by atoms with Gasteiger partial charge in [-0.15, -0.1) is 6.58 Å². The molecule has 0 bridgehead atoms. The van der Waals surface area contributed by atoms with Crippen LogP contribution in [0.5, 0.6) is 5.75 Å². The summed E-state index contributed by atoms with van der Waals surface area (Å²) in [6.45, 7) is 7.08. The number of rotatable bonds is 7. The normalized spacial score (nSPS) is 28.7. The van der Waals surface area contributed by atoms with E-state index in [1.807, 2.05) is 13.0 Å². The molecule has 1 aliphatic carbocycles. The highest BCUT2D eigenvalue weighted by Gasteiger charge is 2.32. The van der Waals surface area contributed by atoms with Crippen molar-refractivity contribution in [2.24, 2.45) is 11.8 Å². The third-order valence-corrected chi connectivity index (χ3v) is 6.25. The zero-order chi connectivity index (χ0) is 19.2. The first-order valence-corrected chi connectivity index (χ1v) is 10.5. The molecule has 1 saturated heterocycles. The van der Waals surface area contributed by atoms with E-state index in [0.717, 1.165) is 58.0 Å². The summed E-state index contributed by atoms with van der Waals surface area (Å²) in [7, 11) is 0. The molecule has 2 unspecified atom stereocenters. The topological polar surface area (TPSA) is 18.5 Å². The molecule has 1 aromatic carbocycles. The van der Waals surface area contributed by atoms with Gasteiger partial charge in [-0.2, -0.15) is 4.39 Å². The molecule has 4 heteroatoms. The van der Waals surface area contributed by atoms with Crippen LogP contribution < -0.4 is 4.74 Å². The van der Waals surface area contributed by atoms with Crippen LogP contribution in [0, 0.1) is 23.5 Å². The maximum Gasteiger partial charge on any atom is 0.200 e. The van der Waals surface area contributed by atoms with Crippen molar-refractivity contribution in [1.29, 1.82) is 0 Å². The van der Waals surface area contributed by atoms with Crippen LogP contribution in [0.25, 0.3) is 0 Å². The third kappa shape index (κ3) is 4.90. The second-order valence-electron chi connectivity index (χ2n) is 8.04. The van der Waals surface area contributed by atoms with E-state index in [2.05, 4.69) is 6.58 Å². The lowest BCUT2D eigenvalue weighted by Gasteiger charge is -2.37. The van der Waals surface area contributed by atoms with Gasteiger partial charge in [0.15, 0.2) is 11.6 Å². The van der Waals surface area contributed by atoms with Crippen molar-refractivity contribution in [3.63, 3.8) is 0 Å². The van der Waals surface area contributed by atoms with Crippen LogP contribution in [-0.4, -0.2) is 19.3 Å². The number of hydrogen-bond donors (Lipinski definition) is 0. The summed E-state index contributed by atoms with van der Waals surface area (Å²) in [4.78, 5) is 0. The molecular formula is C23H32F2O2. The standard InChI is InChI=1S/C23H32F2O2/c1-3-5-14-26-21-13-11-19(22(24)23(21)25)17-7-9-18(10-8-17)20-12-6-16(4-2)15-27-20/h4,11,13,16-18,20H,2-3,5-10,12,14-15H2,1H3. The number of halogens is 2. The molecule has 1 heterocycles. The molecule has 0 N–H and O–H groups in total. The lowest BCUT2D eigenvalue weighted by molar-refractivity contribution is -0.0470. The molecule has 2 aliphatic rings. The molecule has 1 aliphatic heterocycles. The van der Waals surface area contributed by atoms with Gasteiger partial charge in [-0.1, -0.05) is 25.5 Å². The fourth-order valence-corrected chi connectivity index (χ4v) is 4.45. The molecule has 2 nitrogen and oxygen atoms in total. The number of unbranched alkanes of at least 4 members (excludes halogenated alkanes) is 1. The smallest absolute Gasteiger partial charge is 0.200 e. The van der Waals surface area contributed by atoms with Gasteiger partial charge in [0, 0.05) is 5.92 Å². The Morgan fingerprint density at radius 2 is 1.89 bits per heavy atom. The molecule has 1 saturated carbocycles. The Morgan fingerprint density at radius 1 is 1.11 bits per heavy atom. The highest BCUT2D eigenvalue weighted by atomic mass is 19.2. The SMILES string of the molecule is C=CC1CCC(C2CCC(c3ccc(OCCCC)c(F)c3F)CC2)OC1. The highest BCUT2D eigenvalue weighted by molar-refractivity contribution is 5.33. The average Bonchev–Trinajstić information content (AvgIpc) is 2.72. The molecule has 2 fully saturated rings. The lowest BCUT2D eigenvalue weighted by atomic mass is 9.75. The Kier molecular flexibility index (Phi) is 7.28. The van der Waals surface area contributed by atoms with Gasteiger partial charge in [0.2, 0.25) is 5.82 Å². The third-order valence-electron chi connectivity index (χ3n) is 6.25. The zero-order valence-electron chi connectivity index (χ0n) is 16.4. The second-order valence-corrected chi connectivity index (χ2v) is 8.04. The van der Waals surface area contributed by atoms with Crippen molar-refractivity contribution in [2.45, 2.75) is 70.3 Å². The van der Waals surface area contributed by atoms with E-state index in [0.29, 0.717) is 30.1 Å². The molecule has 0 amide bonds. The fourth-order valence-electron chi connectivity index (χ4n) is 4.45. The van der Waals surface area contributed by atoms with E-state index >= 15 is 0 Å². The van der Waals surface area contributed by atoms with E-state index < -0.39 is 11.6 Å². The number of benzene rings is 1. The largest absolute Gasteiger partial charge is 0.490 e. The van der Waals surface area contributed by atoms with Crippen LogP contribution >= 0.6 is 0 Å². The van der Waals surface area contributed by atoms with Gasteiger partial charge in [-0.3, -0.25) is 0 Å². The summed E-state index contributed by atoms with van der Waals surface area (Å²) in [5.74, 6) is -0.424. The summed E-state index contributed by atoms with van der Waals surface area (Å²) in [5.41, 5.74) is 0.505. The minimum Gasteiger partial charge on any atom is -0.490 e. The highest BCUT2D eigenvalue weighted by Crippen LogP contribution is 2.41. The van der Waals surface area contributed by atoms with Crippen LogP contribution in [0.2, 0.25) is 0 Å². The first-order chi connectivity index (χ1) is 13.1. The van der Waals surface area contributed by atoms with Crippen LogP contribution in [0.15, 0.2) is 24.8 Å². The van der Waals surface area contributed by atoms with Gasteiger partial charge in [0.1, 0.15) is 0 Å². The maximum absolute atomic E-state index is 14.6. The van der Waals surface area contributed by atoms with E-state index in [9.17, 15) is 8.78 Å². The Hall–Kier alpha value is -1.42. The van der Waals surface area contributed by atoms with Crippen molar-refractivity contribution in [3.8, 4) is 5.75 Å². The molecule has 3 rings (SSSR count). The van der Waals surface area contributed by atoms with Crippen molar-refractivity contribution in [3.05, 3.63) is 42.0 Å². The first kappa shape index (κ1) is 20.3. The number of ether oxygens (including phenoxy) is 2. The molecule has 2 atom stereocenters. The quantitative estimate of drug-likeness (QED) is 0.404. The summed E-state index contributed by atoms with van der Waals surface area (Å²) in [6, 6.07) is 3.31. The van der Waals surface area contributed by atoms with Crippen molar-refractivity contribution in [2.75, 3.05) is 13.2 Å². The van der Waals surface area contributed by atoms with Gasteiger partial charge in [-0.25, -0.2) is 4.39 Å². The number of hydrogen-bond acceptors (Lipinski definition) is 2. The summed E-state index contributed by atoms with van der Waals surface area (Å²) >= 11 is 0. The molecular weight excluding hydrogens is 346 g/mol. The van der Waals surface area contributed by atoms with E-state index in [4.69, 9.17) is 9.47 Å². The van der Waals surface area contributed by atoms with Crippen LogP contribution in [-0.2, 0) is 4.74 Å². The van der Waals surface area contributed by atoms with Gasteiger partial charge in [-0.05, 0) is 68.4 Å². The van der Waals surface area contributed by atoms with Crippen LogP contribution in [0.1, 0.15) is 69.8 Å². The Labute approximate surface area is 161 Å². The minimum absolute atomic E-state index is 0.0331. The Bertz CT molecular complexity index is 615. The van der Waals surface area contributed by atoms with Crippen LogP contribution in [0.3, 0.4) is 0 Å². The minimum atomic E-state index is -0.836. The zero-order valence-corrected chi connectivity index (χ0v) is 16.4. The first-order valence-electron chi connectivity index (χ1n) is 10.5. The van der Waals surface area contributed by atoms with E-state index in [1.54, 1.807) is 12.1 Å². The second kappa shape index (κ2) is 9.68. The molecule has 0 radical (unpaired) electrons. The van der Waals surface area contributed by atoms with Gasteiger partial charge in [0.25, 0.3) is 0 Å². The Balaban J connectivity index is 1.56. The fraction of sp³-hybridized carbons (Fsp3) is 0.652. The predicted molar refractivity (Wildman–Crippen MR) is 104 cm³/mol. The Morgan fingerprint density at radius 3 is 2.52 bits per heavy atom. The van der Waals surface area contributed by atoms with E-state index in [1.165, 1.54) is 0 Å². The molecule has 1 aromatic rings. The summed E-state index contributed by atoms with van der Waals surface area (Å²) in [6.07, 6.45) is 10.1. The van der Waals surface area contributed by atoms with Crippen LogP contribution in [0.4, 0.5) is 8.78 Å². The van der Waals surface area contributed by atoms with Crippen molar-refractivity contribution < 1.29 is 18.3 Å². The van der Waals surface area contributed by atoms with Crippen molar-refractivity contribution >= 4 is 0 Å².